The summed E-state index contributed by atoms with van der Waals surface area (Å²) in [7, 11) is 0. The molecular formula is C58H36. The fourth-order valence-corrected chi connectivity index (χ4v) is 11.8. The molecule has 3 aliphatic carbocycles. The largest absolute Gasteiger partial charge is 0.0726 e. The lowest BCUT2D eigenvalue weighted by molar-refractivity contribution is 0.634. The average molecular weight is 733 g/mol. The summed E-state index contributed by atoms with van der Waals surface area (Å²) in [4.78, 5) is 0. The van der Waals surface area contributed by atoms with Crippen molar-refractivity contribution in [2.24, 2.45) is 0 Å². The molecule has 58 heavy (non-hydrogen) atoms. The van der Waals surface area contributed by atoms with Crippen LogP contribution in [0.15, 0.2) is 218 Å². The van der Waals surface area contributed by atoms with E-state index in [9.17, 15) is 0 Å². The van der Waals surface area contributed by atoms with E-state index >= 15 is 0 Å². The van der Waals surface area contributed by atoms with E-state index in [-0.39, 0.29) is 0 Å². The van der Waals surface area contributed by atoms with Gasteiger partial charge < -0.3 is 0 Å². The predicted octanol–water partition coefficient (Wildman–Crippen LogP) is 14.4. The zero-order chi connectivity index (χ0) is 38.0. The molecule has 2 spiro atoms. The third-order valence-corrected chi connectivity index (χ3v) is 13.7. The molecule has 10 aromatic carbocycles. The highest BCUT2D eigenvalue weighted by Crippen LogP contribution is 2.69. The molecule has 0 aromatic heterocycles. The van der Waals surface area contributed by atoms with Gasteiger partial charge in [-0.1, -0.05) is 218 Å². The quantitative estimate of drug-likeness (QED) is 0.155. The van der Waals surface area contributed by atoms with Gasteiger partial charge in [0.1, 0.15) is 0 Å². The van der Waals surface area contributed by atoms with Gasteiger partial charge in [-0.2, -0.15) is 0 Å². The number of hydrogen-bond donors (Lipinski definition) is 0. The first kappa shape index (κ1) is 31.9. The second kappa shape index (κ2) is 11.6. The molecule has 0 nitrogen and oxygen atoms in total. The van der Waals surface area contributed by atoms with Gasteiger partial charge >= 0.3 is 0 Å². The van der Waals surface area contributed by atoms with Crippen molar-refractivity contribution in [2.45, 2.75) is 10.8 Å². The second-order valence-electron chi connectivity index (χ2n) is 16.2. The summed E-state index contributed by atoms with van der Waals surface area (Å²) >= 11 is 0. The topological polar surface area (TPSA) is 0 Å². The van der Waals surface area contributed by atoms with Crippen molar-refractivity contribution in [3.8, 4) is 44.5 Å². The van der Waals surface area contributed by atoms with E-state index in [0.717, 1.165) is 0 Å². The Bertz CT molecular complexity index is 3200. The Labute approximate surface area is 338 Å². The van der Waals surface area contributed by atoms with Crippen LogP contribution in [0.3, 0.4) is 0 Å². The first-order valence-corrected chi connectivity index (χ1v) is 20.4. The smallest absolute Gasteiger partial charge is 0.0622 e. The van der Waals surface area contributed by atoms with Crippen LogP contribution in [0.2, 0.25) is 0 Å². The predicted molar refractivity (Wildman–Crippen MR) is 240 cm³/mol. The zero-order valence-corrected chi connectivity index (χ0v) is 31.8. The van der Waals surface area contributed by atoms with E-state index in [4.69, 9.17) is 0 Å². The molecule has 0 unspecified atom stereocenters. The number of fused-ring (bicyclic) bond motifs is 18. The maximum atomic E-state index is 2.47. The first-order valence-electron chi connectivity index (χ1n) is 20.4. The summed E-state index contributed by atoms with van der Waals surface area (Å²) in [5.74, 6) is 0. The highest BCUT2D eigenvalue weighted by atomic mass is 14.6. The minimum Gasteiger partial charge on any atom is -0.0622 e. The Balaban J connectivity index is 1.29. The van der Waals surface area contributed by atoms with Crippen molar-refractivity contribution in [1.82, 2.24) is 0 Å². The fraction of sp³-hybridized carbons (Fsp3) is 0.0345. The lowest BCUT2D eigenvalue weighted by Crippen LogP contribution is -2.44. The van der Waals surface area contributed by atoms with Gasteiger partial charge in [-0.15, -0.1) is 0 Å². The van der Waals surface area contributed by atoms with Gasteiger partial charge in [-0.05, 0) is 111 Å². The van der Waals surface area contributed by atoms with Crippen LogP contribution in [0.4, 0.5) is 0 Å². The van der Waals surface area contributed by atoms with Crippen molar-refractivity contribution in [3.63, 3.8) is 0 Å². The third kappa shape index (κ3) is 3.76. The maximum absolute atomic E-state index is 2.47. The molecule has 0 N–H and O–H groups in total. The molecular weight excluding hydrogens is 697 g/mol. The summed E-state index contributed by atoms with van der Waals surface area (Å²) in [6.45, 7) is 0. The van der Waals surface area contributed by atoms with E-state index in [0.29, 0.717) is 0 Å². The van der Waals surface area contributed by atoms with Gasteiger partial charge in [-0.25, -0.2) is 0 Å². The van der Waals surface area contributed by atoms with Crippen LogP contribution >= 0.6 is 0 Å². The Morgan fingerprint density at radius 3 is 1.02 bits per heavy atom. The Morgan fingerprint density at radius 1 is 0.207 bits per heavy atom. The molecule has 0 atom stereocenters. The van der Waals surface area contributed by atoms with E-state index in [1.54, 1.807) is 0 Å². The van der Waals surface area contributed by atoms with Crippen molar-refractivity contribution in [2.75, 3.05) is 0 Å². The van der Waals surface area contributed by atoms with Crippen molar-refractivity contribution >= 4 is 21.5 Å². The Morgan fingerprint density at radius 2 is 0.534 bits per heavy atom. The monoisotopic (exact) mass is 732 g/mol. The van der Waals surface area contributed by atoms with E-state index in [1.165, 1.54) is 111 Å². The molecule has 0 radical (unpaired) electrons. The van der Waals surface area contributed by atoms with Crippen molar-refractivity contribution < 1.29 is 0 Å². The number of hydrogen-bond acceptors (Lipinski definition) is 0. The second-order valence-corrected chi connectivity index (χ2v) is 16.2. The van der Waals surface area contributed by atoms with Crippen molar-refractivity contribution in [3.05, 3.63) is 263 Å². The summed E-state index contributed by atoms with van der Waals surface area (Å²) < 4.78 is 0. The van der Waals surface area contributed by atoms with Crippen LogP contribution in [0, 0.1) is 0 Å². The molecule has 13 rings (SSSR count). The molecule has 3 aliphatic rings. The van der Waals surface area contributed by atoms with Gasteiger partial charge in [0.15, 0.2) is 0 Å². The molecule has 10 aromatic rings. The molecule has 0 heterocycles. The molecule has 0 amide bonds. The maximum Gasteiger partial charge on any atom is 0.0726 e. The minimum absolute atomic E-state index is 0.539. The molecule has 0 aliphatic heterocycles. The van der Waals surface area contributed by atoms with Gasteiger partial charge in [-0.3, -0.25) is 0 Å². The molecule has 0 saturated carbocycles. The average Bonchev–Trinajstić information content (AvgIpc) is 3.76. The summed E-state index contributed by atoms with van der Waals surface area (Å²) in [6, 6.07) is 82.7. The van der Waals surface area contributed by atoms with E-state index in [1.807, 2.05) is 0 Å². The normalized spacial score (nSPS) is 14.5. The van der Waals surface area contributed by atoms with Gasteiger partial charge in [0, 0.05) is 0 Å². The van der Waals surface area contributed by atoms with E-state index < -0.39 is 10.8 Å². The van der Waals surface area contributed by atoms with Crippen molar-refractivity contribution in [1.29, 1.82) is 0 Å². The SMILES string of the molecule is c1ccc(-c2c3ccccc3c(-c3cccc4c3C3(c5ccccc5-c5ccccc53)c3ccccc3C43c4ccccc4-c4ccccc43)c3ccccc23)cc1. The summed E-state index contributed by atoms with van der Waals surface area (Å²) in [6.07, 6.45) is 0. The van der Waals surface area contributed by atoms with Gasteiger partial charge in [0.25, 0.3) is 0 Å². The van der Waals surface area contributed by atoms with Crippen LogP contribution < -0.4 is 0 Å². The lowest BCUT2D eigenvalue weighted by Gasteiger charge is -2.49. The van der Waals surface area contributed by atoms with Gasteiger partial charge in [0.05, 0.1) is 10.8 Å². The van der Waals surface area contributed by atoms with Crippen LogP contribution in [-0.4, -0.2) is 0 Å². The lowest BCUT2D eigenvalue weighted by atomic mass is 9.51. The first-order chi connectivity index (χ1) is 28.8. The minimum atomic E-state index is -0.590. The standard InChI is InChI=1S/C58H36/c1-2-19-37(20-3-1)54-42-25-4-6-27-44(42)55(45-28-7-5-26-43(45)54)46-29-18-36-53-56(46)58(49-32-14-10-23-40(49)41-24-11-15-33-50(41)58)52-35-17-16-34-51(52)57(53)47-30-12-8-21-38(47)39-22-9-13-31-48(39)57/h1-36H. The third-order valence-electron chi connectivity index (χ3n) is 13.7. The highest BCUT2D eigenvalue weighted by Gasteiger charge is 2.59. The van der Waals surface area contributed by atoms with Crippen LogP contribution in [0.25, 0.3) is 66.1 Å². The molecule has 0 fully saturated rings. The van der Waals surface area contributed by atoms with Gasteiger partial charge in [0.2, 0.25) is 0 Å². The molecule has 0 heteroatoms. The van der Waals surface area contributed by atoms with Crippen LogP contribution in [-0.2, 0) is 10.8 Å². The van der Waals surface area contributed by atoms with E-state index in [2.05, 4.69) is 218 Å². The molecule has 0 saturated heterocycles. The fourth-order valence-electron chi connectivity index (χ4n) is 11.8. The molecule has 0 bridgehead atoms. The summed E-state index contributed by atoms with van der Waals surface area (Å²) in [5, 5.41) is 5.07. The number of benzene rings is 10. The Hall–Kier alpha value is -7.28. The number of rotatable bonds is 2. The Kier molecular flexibility index (Phi) is 6.39. The van der Waals surface area contributed by atoms with Crippen LogP contribution in [0.5, 0.6) is 0 Å². The van der Waals surface area contributed by atoms with Crippen LogP contribution in [0.1, 0.15) is 44.5 Å². The zero-order valence-electron chi connectivity index (χ0n) is 31.8. The highest BCUT2D eigenvalue weighted by molar-refractivity contribution is 6.22. The molecule has 268 valence electrons. The summed E-state index contributed by atoms with van der Waals surface area (Å²) in [5.41, 5.74) is 20.1.